The first-order valence-corrected chi connectivity index (χ1v) is 11.4. The molecule has 3 amide bonds. The van der Waals surface area contributed by atoms with Crippen molar-refractivity contribution >= 4 is 41.4 Å². The van der Waals surface area contributed by atoms with Gasteiger partial charge >= 0.3 is 11.9 Å². The van der Waals surface area contributed by atoms with Crippen LogP contribution in [0.4, 0.5) is 0 Å². The van der Waals surface area contributed by atoms with E-state index in [9.17, 15) is 24.0 Å². The molecule has 0 aliphatic heterocycles. The number of nitrogens with two attached hydrogens (primary N) is 1. The summed E-state index contributed by atoms with van der Waals surface area (Å²) < 4.78 is 0. The number of carbonyl (C=O) groups is 5. The fourth-order valence-corrected chi connectivity index (χ4v) is 2.99. The van der Waals surface area contributed by atoms with Crippen LogP contribution in [0.5, 0.6) is 0 Å². The van der Waals surface area contributed by atoms with Gasteiger partial charge in [-0.15, -0.1) is 0 Å². The number of carboxylic acids is 2. The molecule has 0 aromatic heterocycles. The van der Waals surface area contributed by atoms with E-state index in [1.54, 1.807) is 6.92 Å². The smallest absolute Gasteiger partial charge is 0.325 e. The number of hydrogen-bond donors (Lipinski definition) is 6. The van der Waals surface area contributed by atoms with E-state index < -0.39 is 53.8 Å². The lowest BCUT2D eigenvalue weighted by atomic mass is 9.97. The summed E-state index contributed by atoms with van der Waals surface area (Å²) in [5.74, 6) is -3.94. The third-order valence-corrected chi connectivity index (χ3v) is 5.42. The van der Waals surface area contributed by atoms with Crippen molar-refractivity contribution in [3.8, 4) is 0 Å². The molecule has 11 nitrogen and oxygen atoms in total. The number of carbonyl (C=O) groups excluding carboxylic acids is 3. The summed E-state index contributed by atoms with van der Waals surface area (Å²) in [5.41, 5.74) is 5.71. The van der Waals surface area contributed by atoms with Gasteiger partial charge in [0.05, 0.1) is 6.04 Å². The monoisotopic (exact) mass is 462 g/mol. The van der Waals surface area contributed by atoms with Gasteiger partial charge in [-0.25, -0.2) is 0 Å². The van der Waals surface area contributed by atoms with Crippen LogP contribution in [0.25, 0.3) is 0 Å². The molecule has 12 heteroatoms. The Bertz CT molecular complexity index is 647. The summed E-state index contributed by atoms with van der Waals surface area (Å²) in [4.78, 5) is 59.4. The highest BCUT2D eigenvalue weighted by Crippen LogP contribution is 2.10. The minimum atomic E-state index is -1.21. The highest BCUT2D eigenvalue weighted by molar-refractivity contribution is 7.98. The Balaban J connectivity index is 5.32. The van der Waals surface area contributed by atoms with Gasteiger partial charge in [-0.3, -0.25) is 24.0 Å². The summed E-state index contributed by atoms with van der Waals surface area (Å²) in [7, 11) is 0. The van der Waals surface area contributed by atoms with Crippen LogP contribution in [0.3, 0.4) is 0 Å². The molecule has 7 N–H and O–H groups in total. The maximum atomic E-state index is 12.9. The molecule has 0 radical (unpaired) electrons. The summed E-state index contributed by atoms with van der Waals surface area (Å²) in [6.45, 7) is 4.88. The topological polar surface area (TPSA) is 188 Å². The molecule has 0 aromatic carbocycles. The van der Waals surface area contributed by atoms with Crippen LogP contribution in [-0.2, 0) is 24.0 Å². The number of carboxylic acid groups (broad SMARTS) is 2. The van der Waals surface area contributed by atoms with Gasteiger partial charge in [0.2, 0.25) is 17.7 Å². The molecule has 5 unspecified atom stereocenters. The van der Waals surface area contributed by atoms with Gasteiger partial charge in [0.1, 0.15) is 18.1 Å². The minimum absolute atomic E-state index is 0.0803. The summed E-state index contributed by atoms with van der Waals surface area (Å²) >= 11 is 1.46. The molecule has 31 heavy (non-hydrogen) atoms. The molecule has 0 saturated carbocycles. The van der Waals surface area contributed by atoms with Crippen LogP contribution >= 0.6 is 11.8 Å². The van der Waals surface area contributed by atoms with Crippen molar-refractivity contribution in [2.75, 3.05) is 12.0 Å². The maximum absolute atomic E-state index is 12.9. The van der Waals surface area contributed by atoms with E-state index in [1.165, 1.54) is 18.7 Å². The average molecular weight is 463 g/mol. The number of aliphatic carboxylic acids is 2. The van der Waals surface area contributed by atoms with E-state index in [0.29, 0.717) is 12.2 Å². The molecule has 0 spiro atoms. The van der Waals surface area contributed by atoms with Gasteiger partial charge < -0.3 is 31.9 Å². The van der Waals surface area contributed by atoms with E-state index in [1.807, 2.05) is 13.2 Å². The Morgan fingerprint density at radius 3 is 2.03 bits per heavy atom. The predicted molar refractivity (Wildman–Crippen MR) is 116 cm³/mol. The van der Waals surface area contributed by atoms with E-state index in [0.717, 1.165) is 0 Å². The Hall–Kier alpha value is -2.34. The largest absolute Gasteiger partial charge is 0.481 e. The van der Waals surface area contributed by atoms with Crippen LogP contribution in [-0.4, -0.2) is 76.0 Å². The second-order valence-electron chi connectivity index (χ2n) is 7.32. The fourth-order valence-electron chi connectivity index (χ4n) is 2.51. The lowest BCUT2D eigenvalue weighted by Gasteiger charge is -2.27. The first-order chi connectivity index (χ1) is 14.4. The van der Waals surface area contributed by atoms with Crippen LogP contribution < -0.4 is 21.7 Å². The molecule has 0 saturated heterocycles. The van der Waals surface area contributed by atoms with Crippen LogP contribution in [0, 0.1) is 5.92 Å². The van der Waals surface area contributed by atoms with Crippen molar-refractivity contribution in [3.63, 3.8) is 0 Å². The van der Waals surface area contributed by atoms with E-state index >= 15 is 0 Å². The second-order valence-corrected chi connectivity index (χ2v) is 8.31. The molecule has 0 rings (SSSR count). The Kier molecular flexibility index (Phi) is 13.5. The number of thioether (sulfide) groups is 1. The first kappa shape index (κ1) is 28.7. The van der Waals surface area contributed by atoms with Gasteiger partial charge in [-0.1, -0.05) is 20.3 Å². The van der Waals surface area contributed by atoms with Gasteiger partial charge in [-0.05, 0) is 37.7 Å². The molecule has 0 aliphatic rings. The molecule has 0 aliphatic carbocycles. The minimum Gasteiger partial charge on any atom is -0.481 e. The molecule has 0 fully saturated rings. The Morgan fingerprint density at radius 2 is 1.55 bits per heavy atom. The van der Waals surface area contributed by atoms with E-state index in [-0.39, 0.29) is 25.2 Å². The van der Waals surface area contributed by atoms with Gasteiger partial charge in [0.25, 0.3) is 0 Å². The number of rotatable bonds is 15. The second kappa shape index (κ2) is 14.6. The molecule has 178 valence electrons. The lowest BCUT2D eigenvalue weighted by Crippen LogP contribution is -2.58. The third-order valence-electron chi connectivity index (χ3n) is 4.77. The summed E-state index contributed by atoms with van der Waals surface area (Å²) in [6, 6.07) is -4.19. The quantitative estimate of drug-likeness (QED) is 0.187. The van der Waals surface area contributed by atoms with E-state index in [2.05, 4.69) is 16.0 Å². The lowest BCUT2D eigenvalue weighted by molar-refractivity contribution is -0.142. The zero-order valence-corrected chi connectivity index (χ0v) is 19.2. The fraction of sp³-hybridized carbons (Fsp3) is 0.737. The van der Waals surface area contributed by atoms with Gasteiger partial charge in [-0.2, -0.15) is 11.8 Å². The Labute approximate surface area is 186 Å². The van der Waals surface area contributed by atoms with Crippen LogP contribution in [0.2, 0.25) is 0 Å². The van der Waals surface area contributed by atoms with Crippen molar-refractivity contribution in [1.82, 2.24) is 16.0 Å². The molecular formula is C19H34N4O7S. The van der Waals surface area contributed by atoms with Crippen molar-refractivity contribution < 1.29 is 34.2 Å². The van der Waals surface area contributed by atoms with Crippen molar-refractivity contribution in [2.45, 2.75) is 70.6 Å². The predicted octanol–water partition coefficient (Wildman–Crippen LogP) is -0.463. The summed E-state index contributed by atoms with van der Waals surface area (Å²) in [5, 5.41) is 25.2. The van der Waals surface area contributed by atoms with Crippen molar-refractivity contribution in [2.24, 2.45) is 11.7 Å². The molecule has 5 atom stereocenters. The first-order valence-electron chi connectivity index (χ1n) is 10.0. The SMILES string of the molecule is CCC(C)C(NC(=O)C(CCSC)NC(=O)C(N)CCC(=O)O)C(=O)NC(C)C(=O)O. The highest BCUT2D eigenvalue weighted by Gasteiger charge is 2.31. The normalized spacial score (nSPS) is 15.6. The average Bonchev–Trinajstić information content (AvgIpc) is 2.71. The number of nitrogens with one attached hydrogen (secondary N) is 3. The molecular weight excluding hydrogens is 428 g/mol. The van der Waals surface area contributed by atoms with Crippen LogP contribution in [0.1, 0.15) is 46.5 Å². The highest BCUT2D eigenvalue weighted by atomic mass is 32.2. The van der Waals surface area contributed by atoms with Crippen molar-refractivity contribution in [3.05, 3.63) is 0 Å². The number of hydrogen-bond acceptors (Lipinski definition) is 7. The Morgan fingerprint density at radius 1 is 0.935 bits per heavy atom. The molecule has 0 heterocycles. The molecule has 0 bridgehead atoms. The zero-order valence-electron chi connectivity index (χ0n) is 18.3. The molecule has 0 aromatic rings. The maximum Gasteiger partial charge on any atom is 0.325 e. The zero-order chi connectivity index (χ0) is 24.1. The van der Waals surface area contributed by atoms with Gasteiger partial charge in [0.15, 0.2) is 0 Å². The van der Waals surface area contributed by atoms with Crippen molar-refractivity contribution in [1.29, 1.82) is 0 Å². The standard InChI is InChI=1S/C19H34N4O7S/c1-5-10(2)15(18(28)21-11(3)19(29)30)23-17(27)13(8-9-31-4)22-16(26)12(20)6-7-14(24)25/h10-13,15H,5-9,20H2,1-4H3,(H,21,28)(H,22,26)(H,23,27)(H,24,25)(H,29,30). The number of amides is 3. The third kappa shape index (κ3) is 11.0. The summed E-state index contributed by atoms with van der Waals surface area (Å²) in [6.07, 6.45) is 2.28. The van der Waals surface area contributed by atoms with Crippen LogP contribution in [0.15, 0.2) is 0 Å². The van der Waals surface area contributed by atoms with Gasteiger partial charge in [0, 0.05) is 6.42 Å². The van der Waals surface area contributed by atoms with E-state index in [4.69, 9.17) is 15.9 Å².